The largest absolute Gasteiger partial charge is 0.314 e. The fourth-order valence-corrected chi connectivity index (χ4v) is 3.09. The highest BCUT2D eigenvalue weighted by molar-refractivity contribution is 5.25. The Kier molecular flexibility index (Phi) is 4.82. The van der Waals surface area contributed by atoms with Crippen LogP contribution in [0.1, 0.15) is 56.6 Å². The SMILES string of the molecule is Cc1ccc(C(CNC(C)C)C2CCCC2)cc1. The van der Waals surface area contributed by atoms with Crippen molar-refractivity contribution in [2.45, 2.75) is 58.4 Å². The summed E-state index contributed by atoms with van der Waals surface area (Å²) in [6.07, 6.45) is 5.68. The Balaban J connectivity index is 2.09. The summed E-state index contributed by atoms with van der Waals surface area (Å²) in [6, 6.07) is 9.76. The number of benzene rings is 1. The summed E-state index contributed by atoms with van der Waals surface area (Å²) in [6.45, 7) is 7.77. The van der Waals surface area contributed by atoms with Crippen LogP contribution < -0.4 is 5.32 Å². The highest BCUT2D eigenvalue weighted by Crippen LogP contribution is 2.37. The van der Waals surface area contributed by atoms with E-state index in [-0.39, 0.29) is 0 Å². The molecule has 0 bridgehead atoms. The molecule has 0 radical (unpaired) electrons. The van der Waals surface area contributed by atoms with Gasteiger partial charge in [0, 0.05) is 12.6 Å². The van der Waals surface area contributed by atoms with Gasteiger partial charge in [-0.15, -0.1) is 0 Å². The highest BCUT2D eigenvalue weighted by atomic mass is 14.9. The molecule has 0 saturated heterocycles. The number of hydrogen-bond donors (Lipinski definition) is 1. The van der Waals surface area contributed by atoms with Crippen molar-refractivity contribution in [3.05, 3.63) is 35.4 Å². The van der Waals surface area contributed by atoms with Crippen molar-refractivity contribution in [2.75, 3.05) is 6.54 Å². The lowest BCUT2D eigenvalue weighted by Gasteiger charge is -2.25. The van der Waals surface area contributed by atoms with Crippen LogP contribution >= 0.6 is 0 Å². The zero-order valence-electron chi connectivity index (χ0n) is 12.1. The third-order valence-corrected chi connectivity index (χ3v) is 4.22. The van der Waals surface area contributed by atoms with Crippen LogP contribution in [0.2, 0.25) is 0 Å². The standard InChI is InChI=1S/C17H27N/c1-13(2)18-12-17(15-6-4-5-7-15)16-10-8-14(3)9-11-16/h8-11,13,15,17-18H,4-7,12H2,1-3H3. The van der Waals surface area contributed by atoms with E-state index in [1.54, 1.807) is 0 Å². The summed E-state index contributed by atoms with van der Waals surface area (Å²) < 4.78 is 0. The Morgan fingerprint density at radius 2 is 1.72 bits per heavy atom. The van der Waals surface area contributed by atoms with Gasteiger partial charge in [0.25, 0.3) is 0 Å². The molecule has 1 unspecified atom stereocenters. The Labute approximate surface area is 112 Å². The van der Waals surface area contributed by atoms with Crippen molar-refractivity contribution in [3.63, 3.8) is 0 Å². The summed E-state index contributed by atoms with van der Waals surface area (Å²) in [5, 5.41) is 3.64. The quantitative estimate of drug-likeness (QED) is 0.817. The number of nitrogens with one attached hydrogen (secondary N) is 1. The normalized spacial score (nSPS) is 18.4. The van der Waals surface area contributed by atoms with E-state index in [1.807, 2.05) is 0 Å². The Morgan fingerprint density at radius 3 is 2.28 bits per heavy atom. The Hall–Kier alpha value is -0.820. The minimum Gasteiger partial charge on any atom is -0.314 e. The van der Waals surface area contributed by atoms with E-state index in [0.29, 0.717) is 12.0 Å². The van der Waals surface area contributed by atoms with Gasteiger partial charge in [0.15, 0.2) is 0 Å². The molecule has 1 N–H and O–H groups in total. The van der Waals surface area contributed by atoms with Crippen LogP contribution in [-0.4, -0.2) is 12.6 Å². The summed E-state index contributed by atoms with van der Waals surface area (Å²) in [5.74, 6) is 1.59. The molecule has 0 amide bonds. The second-order valence-electron chi connectivity index (χ2n) is 6.12. The van der Waals surface area contributed by atoms with Crippen molar-refractivity contribution in [2.24, 2.45) is 5.92 Å². The van der Waals surface area contributed by atoms with Crippen LogP contribution in [0, 0.1) is 12.8 Å². The molecule has 1 atom stereocenters. The second kappa shape index (κ2) is 6.38. The zero-order valence-corrected chi connectivity index (χ0v) is 12.1. The van der Waals surface area contributed by atoms with Gasteiger partial charge in [-0.3, -0.25) is 0 Å². The molecule has 1 nitrogen and oxygen atoms in total. The molecular weight excluding hydrogens is 218 g/mol. The first kappa shape index (κ1) is 13.6. The van der Waals surface area contributed by atoms with E-state index in [0.717, 1.165) is 12.5 Å². The molecule has 0 spiro atoms. The predicted octanol–water partition coefficient (Wildman–Crippen LogP) is 4.27. The minimum absolute atomic E-state index is 0.583. The molecule has 1 saturated carbocycles. The van der Waals surface area contributed by atoms with E-state index >= 15 is 0 Å². The summed E-state index contributed by atoms with van der Waals surface area (Å²) >= 11 is 0. The third-order valence-electron chi connectivity index (χ3n) is 4.22. The number of rotatable bonds is 5. The van der Waals surface area contributed by atoms with Gasteiger partial charge in [-0.05, 0) is 37.2 Å². The Morgan fingerprint density at radius 1 is 1.11 bits per heavy atom. The molecule has 1 aliphatic rings. The van der Waals surface area contributed by atoms with E-state index in [9.17, 15) is 0 Å². The fraction of sp³-hybridized carbons (Fsp3) is 0.647. The average Bonchev–Trinajstić information content (AvgIpc) is 2.85. The summed E-state index contributed by atoms with van der Waals surface area (Å²) in [5.41, 5.74) is 2.89. The molecule has 0 aromatic heterocycles. The van der Waals surface area contributed by atoms with Crippen molar-refractivity contribution >= 4 is 0 Å². The van der Waals surface area contributed by atoms with Gasteiger partial charge in [0.1, 0.15) is 0 Å². The van der Waals surface area contributed by atoms with Crippen LogP contribution in [0.5, 0.6) is 0 Å². The maximum absolute atomic E-state index is 3.64. The van der Waals surface area contributed by atoms with Gasteiger partial charge in [0.2, 0.25) is 0 Å². The van der Waals surface area contributed by atoms with Gasteiger partial charge in [-0.2, -0.15) is 0 Å². The lowest BCUT2D eigenvalue weighted by Crippen LogP contribution is -2.30. The topological polar surface area (TPSA) is 12.0 Å². The van der Waals surface area contributed by atoms with Gasteiger partial charge in [-0.1, -0.05) is 56.5 Å². The van der Waals surface area contributed by atoms with Crippen LogP contribution in [0.4, 0.5) is 0 Å². The van der Waals surface area contributed by atoms with E-state index in [2.05, 4.69) is 50.4 Å². The third kappa shape index (κ3) is 3.58. The van der Waals surface area contributed by atoms with Crippen LogP contribution in [0.25, 0.3) is 0 Å². The number of hydrogen-bond acceptors (Lipinski definition) is 1. The van der Waals surface area contributed by atoms with Gasteiger partial charge in [0.05, 0.1) is 0 Å². The molecule has 1 aromatic rings. The number of aryl methyl sites for hydroxylation is 1. The zero-order chi connectivity index (χ0) is 13.0. The molecular formula is C17H27N. The van der Waals surface area contributed by atoms with Crippen molar-refractivity contribution in [1.82, 2.24) is 5.32 Å². The summed E-state index contributed by atoms with van der Waals surface area (Å²) in [4.78, 5) is 0. The molecule has 2 rings (SSSR count). The van der Waals surface area contributed by atoms with Gasteiger partial charge >= 0.3 is 0 Å². The van der Waals surface area contributed by atoms with E-state index in [4.69, 9.17) is 0 Å². The van der Waals surface area contributed by atoms with E-state index in [1.165, 1.54) is 36.8 Å². The smallest absolute Gasteiger partial charge is 0.00251 e. The molecule has 1 aromatic carbocycles. The molecule has 1 aliphatic carbocycles. The lowest BCUT2D eigenvalue weighted by molar-refractivity contribution is 0.398. The van der Waals surface area contributed by atoms with E-state index < -0.39 is 0 Å². The van der Waals surface area contributed by atoms with Gasteiger partial charge < -0.3 is 5.32 Å². The van der Waals surface area contributed by atoms with Crippen LogP contribution in [0.15, 0.2) is 24.3 Å². The first-order valence-electron chi connectivity index (χ1n) is 7.47. The predicted molar refractivity (Wildman–Crippen MR) is 79.0 cm³/mol. The van der Waals surface area contributed by atoms with Crippen molar-refractivity contribution in [3.8, 4) is 0 Å². The average molecular weight is 245 g/mol. The highest BCUT2D eigenvalue weighted by Gasteiger charge is 2.26. The first-order valence-corrected chi connectivity index (χ1v) is 7.47. The first-order chi connectivity index (χ1) is 8.66. The lowest BCUT2D eigenvalue weighted by atomic mass is 9.84. The molecule has 1 fully saturated rings. The summed E-state index contributed by atoms with van der Waals surface area (Å²) in [7, 11) is 0. The van der Waals surface area contributed by atoms with Crippen LogP contribution in [-0.2, 0) is 0 Å². The second-order valence-corrected chi connectivity index (χ2v) is 6.12. The minimum atomic E-state index is 0.583. The van der Waals surface area contributed by atoms with Gasteiger partial charge in [-0.25, -0.2) is 0 Å². The molecule has 1 heteroatoms. The van der Waals surface area contributed by atoms with Crippen LogP contribution in [0.3, 0.4) is 0 Å². The Bertz CT molecular complexity index is 346. The fourth-order valence-electron chi connectivity index (χ4n) is 3.09. The maximum Gasteiger partial charge on any atom is 0.00251 e. The molecule has 18 heavy (non-hydrogen) atoms. The molecule has 0 heterocycles. The molecule has 0 aliphatic heterocycles. The maximum atomic E-state index is 3.64. The van der Waals surface area contributed by atoms with Crippen molar-refractivity contribution < 1.29 is 0 Å². The monoisotopic (exact) mass is 245 g/mol. The van der Waals surface area contributed by atoms with Crippen molar-refractivity contribution in [1.29, 1.82) is 0 Å². The molecule has 100 valence electrons.